The van der Waals surface area contributed by atoms with Crippen LogP contribution in [0.15, 0.2) is 47.8 Å². The van der Waals surface area contributed by atoms with E-state index in [4.69, 9.17) is 21.4 Å². The van der Waals surface area contributed by atoms with E-state index in [-0.39, 0.29) is 44.9 Å². The highest BCUT2D eigenvalue weighted by Gasteiger charge is 2.22. The molecule has 0 radical (unpaired) electrons. The van der Waals surface area contributed by atoms with E-state index in [1.54, 1.807) is 45.2 Å². The van der Waals surface area contributed by atoms with Crippen molar-refractivity contribution in [3.05, 3.63) is 69.6 Å². The van der Waals surface area contributed by atoms with Crippen LogP contribution < -0.4 is 16.6 Å². The first kappa shape index (κ1) is 20.1. The zero-order valence-electron chi connectivity index (χ0n) is 24.9. The fourth-order valence-electron chi connectivity index (χ4n) is 4.44. The lowest BCUT2D eigenvalue weighted by atomic mass is 10.0. The number of aromatic nitrogens is 10. The number of rotatable bonds is 5. The monoisotopic (exact) mass is 546 g/mol. The number of halogens is 1. The first-order valence-corrected chi connectivity index (χ1v) is 12.0. The van der Waals surface area contributed by atoms with Gasteiger partial charge in [-0.2, -0.15) is 4.80 Å². The van der Waals surface area contributed by atoms with Crippen LogP contribution in [0.3, 0.4) is 0 Å². The van der Waals surface area contributed by atoms with Gasteiger partial charge < -0.3 is 11.1 Å². The Morgan fingerprint density at radius 3 is 2.69 bits per heavy atom. The van der Waals surface area contributed by atoms with Crippen molar-refractivity contribution in [2.24, 2.45) is 14.0 Å². The molecule has 5 aromatic heterocycles. The number of nitrogens with one attached hydrogen (secondary N) is 1. The molecule has 6 aromatic rings. The maximum Gasteiger partial charge on any atom is 0.261 e. The molecule has 6 rings (SSSR count). The van der Waals surface area contributed by atoms with E-state index in [1.165, 1.54) is 27.9 Å². The Labute approximate surface area is 231 Å². The summed E-state index contributed by atoms with van der Waals surface area (Å²) in [5.74, 6) is 0.206. The fourth-order valence-corrected chi connectivity index (χ4v) is 4.59. The summed E-state index contributed by atoms with van der Waals surface area (Å²) in [6.45, 7) is 0.485. The standard InChI is InChI=1S/C25H23ClN12O/c1-12-7-15(13(2)31-17-5-6-18(26)32-20(17)22-33-35-37(4)34-22)21-16(8-12)24(39)36(3)23-19(30-11-38(21)23)14-9-28-25(27)29-10-14/h5-11,13,31H,1-4H3,(H2,27,28,29)/t13-/m0/s1/i3D3,13D. The van der Waals surface area contributed by atoms with Crippen molar-refractivity contribution in [3.8, 4) is 22.8 Å². The van der Waals surface area contributed by atoms with Crippen molar-refractivity contribution >= 4 is 39.8 Å². The molecule has 13 nitrogen and oxygen atoms in total. The summed E-state index contributed by atoms with van der Waals surface area (Å²) in [5.41, 5.74) is 7.26. The molecule has 0 amide bonds. The van der Waals surface area contributed by atoms with Crippen LogP contribution in [0.25, 0.3) is 39.3 Å². The van der Waals surface area contributed by atoms with Crippen molar-refractivity contribution in [2.75, 3.05) is 11.1 Å². The molecule has 0 bridgehead atoms. The minimum atomic E-state index is -2.87. The lowest BCUT2D eigenvalue weighted by Gasteiger charge is -2.21. The number of nitrogens with two attached hydrogens (primary N) is 1. The van der Waals surface area contributed by atoms with Crippen molar-refractivity contribution < 1.29 is 5.48 Å². The van der Waals surface area contributed by atoms with Crippen LogP contribution >= 0.6 is 11.6 Å². The number of hydrogen-bond donors (Lipinski definition) is 2. The van der Waals surface area contributed by atoms with Gasteiger partial charge in [-0.25, -0.2) is 19.9 Å². The third-order valence-electron chi connectivity index (χ3n) is 6.14. The molecule has 1 atom stereocenters. The molecular weight excluding hydrogens is 520 g/mol. The third kappa shape index (κ3) is 4.12. The van der Waals surface area contributed by atoms with Gasteiger partial charge in [-0.1, -0.05) is 17.7 Å². The van der Waals surface area contributed by atoms with Crippen molar-refractivity contribution in [3.63, 3.8) is 0 Å². The Morgan fingerprint density at radius 1 is 1.18 bits per heavy atom. The van der Waals surface area contributed by atoms with Gasteiger partial charge in [0.25, 0.3) is 5.56 Å². The fraction of sp³-hybridized carbons (Fsp3) is 0.200. The van der Waals surface area contributed by atoms with Gasteiger partial charge >= 0.3 is 0 Å². The normalized spacial score (nSPS) is 15.0. The van der Waals surface area contributed by atoms with E-state index in [2.05, 4.69) is 40.7 Å². The Bertz CT molecular complexity index is 2100. The Hall–Kier alpha value is -4.91. The number of hydrogen-bond acceptors (Lipinski definition) is 10. The van der Waals surface area contributed by atoms with Crippen LogP contribution in [0.1, 0.15) is 29.6 Å². The number of imidazole rings is 1. The summed E-state index contributed by atoms with van der Waals surface area (Å²) in [5, 5.41) is 15.6. The molecule has 39 heavy (non-hydrogen) atoms. The van der Waals surface area contributed by atoms with Gasteiger partial charge in [0.2, 0.25) is 11.8 Å². The summed E-state index contributed by atoms with van der Waals surface area (Å²) in [6.07, 6.45) is 4.19. The minimum Gasteiger partial charge on any atom is -0.377 e. The minimum absolute atomic E-state index is 0.0208. The van der Waals surface area contributed by atoms with Gasteiger partial charge in [0.15, 0.2) is 0 Å². The third-order valence-corrected chi connectivity index (χ3v) is 6.35. The zero-order chi connectivity index (χ0) is 30.8. The highest BCUT2D eigenvalue weighted by Crippen LogP contribution is 2.33. The molecule has 0 fully saturated rings. The van der Waals surface area contributed by atoms with Crippen LogP contribution in [0.4, 0.5) is 11.6 Å². The summed E-state index contributed by atoms with van der Waals surface area (Å²) in [7, 11) is 1.61. The number of pyridine rings is 1. The van der Waals surface area contributed by atoms with Gasteiger partial charge in [0, 0.05) is 29.0 Å². The number of benzene rings is 1. The molecule has 0 aliphatic heterocycles. The van der Waals surface area contributed by atoms with Crippen LogP contribution in [0.5, 0.6) is 0 Å². The first-order chi connectivity index (χ1) is 20.2. The average molecular weight is 547 g/mol. The van der Waals surface area contributed by atoms with Gasteiger partial charge in [-0.15, -0.1) is 10.2 Å². The van der Waals surface area contributed by atoms with Crippen molar-refractivity contribution in [1.82, 2.24) is 49.1 Å². The quantitative estimate of drug-likeness (QED) is 0.308. The number of nitrogen functional groups attached to an aromatic ring is 1. The molecule has 1 aromatic carbocycles. The predicted octanol–water partition coefficient (Wildman–Crippen LogP) is 2.95. The maximum absolute atomic E-state index is 14.0. The van der Waals surface area contributed by atoms with Crippen LogP contribution in [0, 0.1) is 6.92 Å². The highest BCUT2D eigenvalue weighted by atomic mass is 35.5. The lowest BCUT2D eigenvalue weighted by molar-refractivity contribution is 0.630. The van der Waals surface area contributed by atoms with Crippen molar-refractivity contribution in [2.45, 2.75) is 19.9 Å². The topological polar surface area (TPSA) is 160 Å². The predicted molar refractivity (Wildman–Crippen MR) is 147 cm³/mol. The van der Waals surface area contributed by atoms with Crippen molar-refractivity contribution in [1.29, 1.82) is 0 Å². The maximum atomic E-state index is 14.0. The van der Waals surface area contributed by atoms with E-state index >= 15 is 0 Å². The molecule has 0 saturated carbocycles. The Balaban J connectivity index is 1.64. The molecule has 196 valence electrons. The van der Waals surface area contributed by atoms with E-state index in [9.17, 15) is 6.17 Å². The molecular formula is C25H23ClN12O. The molecule has 3 N–H and O–H groups in total. The van der Waals surface area contributed by atoms with Crippen LogP contribution in [0.2, 0.25) is 5.15 Å². The second-order valence-corrected chi connectivity index (χ2v) is 9.24. The van der Waals surface area contributed by atoms with E-state index in [1.807, 2.05) is 0 Å². The summed E-state index contributed by atoms with van der Waals surface area (Å²) >= 11 is 6.18. The molecule has 0 spiro atoms. The number of tetrazole rings is 1. The second kappa shape index (κ2) is 9.13. The Morgan fingerprint density at radius 2 is 1.97 bits per heavy atom. The average Bonchev–Trinajstić information content (AvgIpc) is 3.55. The molecule has 0 aliphatic rings. The van der Waals surface area contributed by atoms with Gasteiger partial charge in [-0.05, 0) is 48.4 Å². The summed E-state index contributed by atoms with van der Waals surface area (Å²) in [6, 6.07) is 4.90. The number of anilines is 2. The SMILES string of the molecule is [2H]C([2H])([2H])n1c(=O)c2cc(C)cc([C@]([2H])(C)Nc3ccc(Cl)nc3-c3nnn(C)n3)c2n2cnc(-c3cnc(N)nc3)c12. The second-order valence-electron chi connectivity index (χ2n) is 8.85. The Kier molecular flexibility index (Phi) is 4.71. The lowest BCUT2D eigenvalue weighted by Crippen LogP contribution is -2.21. The zero-order valence-corrected chi connectivity index (χ0v) is 21.6. The summed E-state index contributed by atoms with van der Waals surface area (Å²) in [4.78, 5) is 32.0. The highest BCUT2D eigenvalue weighted by molar-refractivity contribution is 6.29. The molecule has 0 saturated heterocycles. The first-order valence-electron chi connectivity index (χ1n) is 13.6. The summed E-state index contributed by atoms with van der Waals surface area (Å²) < 4.78 is 36.4. The van der Waals surface area contributed by atoms with Gasteiger partial charge in [0.1, 0.15) is 28.5 Å². The molecule has 0 aliphatic carbocycles. The molecule has 5 heterocycles. The number of aryl methyl sites for hydroxylation is 3. The number of nitrogens with zero attached hydrogens (tertiary/aromatic N) is 10. The van der Waals surface area contributed by atoms with E-state index in [0.717, 1.165) is 0 Å². The van der Waals surface area contributed by atoms with E-state index in [0.29, 0.717) is 26.9 Å². The van der Waals surface area contributed by atoms with Crippen LogP contribution in [-0.4, -0.2) is 49.1 Å². The van der Waals surface area contributed by atoms with Gasteiger partial charge in [0.05, 0.1) is 31.0 Å². The number of fused-ring (bicyclic) bond motifs is 3. The van der Waals surface area contributed by atoms with Crippen LogP contribution in [-0.2, 0) is 14.0 Å². The molecule has 14 heteroatoms. The smallest absolute Gasteiger partial charge is 0.261 e. The van der Waals surface area contributed by atoms with E-state index < -0.39 is 18.6 Å². The van der Waals surface area contributed by atoms with Gasteiger partial charge in [-0.3, -0.25) is 13.8 Å². The molecule has 0 unspecified atom stereocenters. The largest absolute Gasteiger partial charge is 0.377 e.